The summed E-state index contributed by atoms with van der Waals surface area (Å²) in [6, 6.07) is 8.70. The third-order valence-corrected chi connectivity index (χ3v) is 7.17. The van der Waals surface area contributed by atoms with Gasteiger partial charge >= 0.3 is 0 Å². The maximum atomic E-state index is 11.1. The Labute approximate surface area is 202 Å². The lowest BCUT2D eigenvalue weighted by Gasteiger charge is -2.35. The molecule has 6 nitrogen and oxygen atoms in total. The van der Waals surface area contributed by atoms with E-state index in [9.17, 15) is 5.11 Å². The molecule has 5 rings (SSSR count). The van der Waals surface area contributed by atoms with Crippen molar-refractivity contribution in [2.75, 3.05) is 0 Å². The van der Waals surface area contributed by atoms with Crippen molar-refractivity contribution in [3.63, 3.8) is 0 Å². The number of nitrogens with zero attached hydrogens (tertiary/aromatic N) is 3. The van der Waals surface area contributed by atoms with Gasteiger partial charge in [0, 0.05) is 23.2 Å². The first-order valence-corrected chi connectivity index (χ1v) is 11.8. The summed E-state index contributed by atoms with van der Waals surface area (Å²) in [5.41, 5.74) is 2.21. The second-order valence-corrected chi connectivity index (χ2v) is 9.61. The van der Waals surface area contributed by atoms with Gasteiger partial charge in [0.1, 0.15) is 17.1 Å². The number of aromatic nitrogens is 2. The van der Waals surface area contributed by atoms with Crippen molar-refractivity contribution in [3.05, 3.63) is 75.0 Å². The third kappa shape index (κ3) is 4.51. The fourth-order valence-electron chi connectivity index (χ4n) is 4.48. The molecule has 170 valence electrons. The molecule has 0 aliphatic heterocycles. The number of halogens is 2. The molecule has 2 aromatic heterocycles. The van der Waals surface area contributed by atoms with Crippen LogP contribution in [0.15, 0.2) is 41.1 Å². The van der Waals surface area contributed by atoms with Crippen molar-refractivity contribution < 1.29 is 14.4 Å². The first-order valence-electron chi connectivity index (χ1n) is 11.1. The minimum atomic E-state index is -1.03. The van der Waals surface area contributed by atoms with Gasteiger partial charge in [-0.1, -0.05) is 34.4 Å². The molecule has 2 aliphatic rings. The number of hydrogen-bond acceptors (Lipinski definition) is 5. The van der Waals surface area contributed by atoms with Crippen LogP contribution in [0.4, 0.5) is 5.69 Å². The van der Waals surface area contributed by atoms with Gasteiger partial charge < -0.3 is 14.4 Å². The van der Waals surface area contributed by atoms with E-state index < -0.39 is 5.60 Å². The molecule has 3 aromatic rings. The molecule has 0 atom stereocenters. The van der Waals surface area contributed by atoms with E-state index in [1.807, 2.05) is 0 Å². The normalized spacial score (nSPS) is 22.8. The highest BCUT2D eigenvalue weighted by Crippen LogP contribution is 2.46. The zero-order valence-corrected chi connectivity index (χ0v) is 19.4. The monoisotopic (exact) mass is 483 g/mol. The van der Waals surface area contributed by atoms with Crippen LogP contribution >= 0.6 is 23.2 Å². The Morgan fingerprint density at radius 2 is 1.88 bits per heavy atom. The van der Waals surface area contributed by atoms with Gasteiger partial charge in [0.2, 0.25) is 0 Å². The first-order chi connectivity index (χ1) is 16.0. The Morgan fingerprint density at radius 1 is 1.15 bits per heavy atom. The number of pyridine rings is 1. The van der Waals surface area contributed by atoms with Crippen molar-refractivity contribution >= 4 is 28.9 Å². The average Bonchev–Trinajstić information content (AvgIpc) is 3.59. The summed E-state index contributed by atoms with van der Waals surface area (Å²) in [6.07, 6.45) is 6.14. The molecule has 1 aromatic carbocycles. The molecule has 2 heterocycles. The molecular weight excluding hydrogens is 461 g/mol. The van der Waals surface area contributed by atoms with E-state index in [2.05, 4.69) is 15.0 Å². The molecule has 2 aliphatic carbocycles. The van der Waals surface area contributed by atoms with Crippen molar-refractivity contribution in [2.45, 2.75) is 62.8 Å². The fourth-order valence-corrected chi connectivity index (χ4v) is 5.06. The van der Waals surface area contributed by atoms with Gasteiger partial charge in [0.05, 0.1) is 35.0 Å². The summed E-state index contributed by atoms with van der Waals surface area (Å²) in [7, 11) is 0. The summed E-state index contributed by atoms with van der Waals surface area (Å²) >= 11 is 12.9. The van der Waals surface area contributed by atoms with E-state index in [4.69, 9.17) is 39.0 Å². The first kappa shape index (κ1) is 22.4. The molecule has 0 unspecified atom stereocenters. The number of ether oxygens (including phenoxy) is 1. The standard InChI is InChI=1S/C25H23Cl2N3O3/c1-28-16-9-12-29-21(13-16)25(31)10-7-17(8-11-25)32-14-18-23(30-33-24(18)15-5-6-15)22-19(26)3-2-4-20(22)27/h2-4,9,12-13,15,17,31H,5-8,10-11,14H2. The summed E-state index contributed by atoms with van der Waals surface area (Å²) in [4.78, 5) is 7.76. The predicted molar refractivity (Wildman–Crippen MR) is 125 cm³/mol. The SMILES string of the molecule is [C-]#[N+]c1ccnc(C2(O)CCC(OCc3c(-c4c(Cl)cccc4Cl)noc3C3CC3)CC2)c1. The highest BCUT2D eigenvalue weighted by Gasteiger charge is 2.37. The van der Waals surface area contributed by atoms with Gasteiger partial charge in [-0.15, -0.1) is 0 Å². The molecular formula is C25H23Cl2N3O3. The van der Waals surface area contributed by atoms with Crippen molar-refractivity contribution in [2.24, 2.45) is 0 Å². The van der Waals surface area contributed by atoms with E-state index in [-0.39, 0.29) is 6.10 Å². The largest absolute Gasteiger partial charge is 0.384 e. The highest BCUT2D eigenvalue weighted by atomic mass is 35.5. The van der Waals surface area contributed by atoms with Crippen LogP contribution in [-0.4, -0.2) is 21.4 Å². The lowest BCUT2D eigenvalue weighted by molar-refractivity contribution is -0.0661. The molecule has 1 N–H and O–H groups in total. The fraction of sp³-hybridized carbons (Fsp3) is 0.400. The van der Waals surface area contributed by atoms with Crippen LogP contribution in [0.2, 0.25) is 10.0 Å². The second-order valence-electron chi connectivity index (χ2n) is 8.80. The lowest BCUT2D eigenvalue weighted by Crippen LogP contribution is -2.35. The Bertz CT molecular complexity index is 1190. The Kier molecular flexibility index (Phi) is 6.15. The number of benzene rings is 1. The number of rotatable bonds is 6. The van der Waals surface area contributed by atoms with Gasteiger partial charge in [0.25, 0.3) is 0 Å². The van der Waals surface area contributed by atoms with Gasteiger partial charge in [-0.05, 0) is 62.8 Å². The van der Waals surface area contributed by atoms with Crippen molar-refractivity contribution in [1.82, 2.24) is 10.1 Å². The van der Waals surface area contributed by atoms with E-state index in [1.165, 1.54) is 0 Å². The van der Waals surface area contributed by atoms with Crippen LogP contribution in [0.3, 0.4) is 0 Å². The topological polar surface area (TPSA) is 72.7 Å². The minimum absolute atomic E-state index is 0.00848. The Morgan fingerprint density at radius 3 is 2.55 bits per heavy atom. The second kappa shape index (κ2) is 9.08. The van der Waals surface area contributed by atoms with Crippen LogP contribution in [0.5, 0.6) is 0 Å². The summed E-state index contributed by atoms with van der Waals surface area (Å²) in [6.45, 7) is 7.55. The molecule has 0 spiro atoms. The zero-order valence-electron chi connectivity index (χ0n) is 17.9. The van der Waals surface area contributed by atoms with Crippen molar-refractivity contribution in [1.29, 1.82) is 0 Å². The average molecular weight is 484 g/mol. The molecule has 0 bridgehead atoms. The maximum Gasteiger partial charge on any atom is 0.190 e. The number of hydrogen-bond donors (Lipinski definition) is 1. The third-order valence-electron chi connectivity index (χ3n) is 6.54. The number of aliphatic hydroxyl groups is 1. The van der Waals surface area contributed by atoms with Gasteiger partial charge in [-0.25, -0.2) is 4.85 Å². The predicted octanol–water partition coefficient (Wildman–Crippen LogP) is 6.82. The molecule has 2 fully saturated rings. The van der Waals surface area contributed by atoms with Crippen molar-refractivity contribution in [3.8, 4) is 11.3 Å². The van der Waals surface area contributed by atoms with Crippen LogP contribution < -0.4 is 0 Å². The van der Waals surface area contributed by atoms with Crippen LogP contribution in [0, 0.1) is 6.57 Å². The molecule has 0 radical (unpaired) electrons. The van der Waals surface area contributed by atoms with Crippen LogP contribution in [-0.2, 0) is 16.9 Å². The van der Waals surface area contributed by atoms with Crippen LogP contribution in [0.25, 0.3) is 16.1 Å². The molecule has 0 amide bonds. The quantitative estimate of drug-likeness (QED) is 0.389. The molecule has 8 heteroatoms. The Hall–Kier alpha value is -2.43. The smallest absolute Gasteiger partial charge is 0.190 e. The highest BCUT2D eigenvalue weighted by molar-refractivity contribution is 6.39. The summed E-state index contributed by atoms with van der Waals surface area (Å²) < 4.78 is 12.0. The van der Waals surface area contributed by atoms with Gasteiger partial charge in [0.15, 0.2) is 5.69 Å². The summed E-state index contributed by atoms with van der Waals surface area (Å²) in [5.74, 6) is 1.22. The van der Waals surface area contributed by atoms with E-state index in [0.717, 1.165) is 24.2 Å². The van der Waals surface area contributed by atoms with E-state index in [1.54, 1.807) is 36.5 Å². The van der Waals surface area contributed by atoms with Gasteiger partial charge in [-0.2, -0.15) is 0 Å². The molecule has 33 heavy (non-hydrogen) atoms. The summed E-state index contributed by atoms with van der Waals surface area (Å²) in [5, 5.41) is 16.5. The lowest BCUT2D eigenvalue weighted by atomic mass is 9.80. The van der Waals surface area contributed by atoms with E-state index in [0.29, 0.717) is 70.9 Å². The van der Waals surface area contributed by atoms with E-state index >= 15 is 0 Å². The zero-order chi connectivity index (χ0) is 23.0. The van der Waals surface area contributed by atoms with Crippen LogP contribution in [0.1, 0.15) is 61.5 Å². The minimum Gasteiger partial charge on any atom is -0.384 e. The van der Waals surface area contributed by atoms with Gasteiger partial charge in [-0.3, -0.25) is 4.98 Å². The Balaban J connectivity index is 1.31. The maximum absolute atomic E-state index is 11.1. The molecule has 0 saturated heterocycles. The molecule has 2 saturated carbocycles.